The first-order valence-corrected chi connectivity index (χ1v) is 7.68. The van der Waals surface area contributed by atoms with Gasteiger partial charge in [0.1, 0.15) is 0 Å². The molecule has 3 heteroatoms. The Kier molecular flexibility index (Phi) is 5.41. The van der Waals surface area contributed by atoms with E-state index in [2.05, 4.69) is 18.8 Å². The molecule has 0 bridgehead atoms. The molecule has 0 heterocycles. The maximum Gasteiger partial charge on any atom is 0.254 e. The molecule has 0 spiro atoms. The molecular weight excluding hydrogens is 262 g/mol. The quantitative estimate of drug-likeness (QED) is 0.845. The lowest BCUT2D eigenvalue weighted by Crippen LogP contribution is -2.34. The molecule has 0 atom stereocenters. The van der Waals surface area contributed by atoms with Crippen molar-refractivity contribution >= 4 is 5.91 Å². The van der Waals surface area contributed by atoms with Gasteiger partial charge in [-0.1, -0.05) is 24.8 Å². The molecule has 0 aliphatic heterocycles. The van der Waals surface area contributed by atoms with Gasteiger partial charge in [0.25, 0.3) is 5.91 Å². The average molecular weight is 285 g/mol. The normalized spacial score (nSPS) is 13.5. The third-order valence-corrected chi connectivity index (χ3v) is 3.65. The van der Waals surface area contributed by atoms with Crippen LogP contribution in [0, 0.1) is 18.8 Å². The largest absolute Gasteiger partial charge is 0.395 e. The van der Waals surface area contributed by atoms with Crippen molar-refractivity contribution in [1.82, 2.24) is 4.90 Å². The van der Waals surface area contributed by atoms with Crippen LogP contribution in [0.2, 0.25) is 0 Å². The third-order valence-electron chi connectivity index (χ3n) is 3.65. The van der Waals surface area contributed by atoms with Crippen molar-refractivity contribution in [2.45, 2.75) is 45.6 Å². The first-order chi connectivity index (χ1) is 10.2. The molecule has 112 valence electrons. The minimum absolute atomic E-state index is 0.0661. The molecule has 1 amide bonds. The summed E-state index contributed by atoms with van der Waals surface area (Å²) in [6, 6.07) is 6.19. The van der Waals surface area contributed by atoms with Gasteiger partial charge in [0.05, 0.1) is 6.61 Å². The van der Waals surface area contributed by atoms with Crippen LogP contribution < -0.4 is 0 Å². The highest BCUT2D eigenvalue weighted by atomic mass is 16.2. The molecule has 1 saturated carbocycles. The maximum absolute atomic E-state index is 12.8. The molecule has 21 heavy (non-hydrogen) atoms. The van der Waals surface area contributed by atoms with E-state index in [9.17, 15) is 4.79 Å². The van der Waals surface area contributed by atoms with Gasteiger partial charge in [0, 0.05) is 30.1 Å². The van der Waals surface area contributed by atoms with E-state index in [1.165, 1.54) is 0 Å². The van der Waals surface area contributed by atoms with E-state index in [1.807, 2.05) is 30.0 Å². The first kappa shape index (κ1) is 15.6. The lowest BCUT2D eigenvalue weighted by Gasteiger charge is -2.22. The van der Waals surface area contributed by atoms with E-state index >= 15 is 0 Å². The van der Waals surface area contributed by atoms with E-state index in [-0.39, 0.29) is 12.5 Å². The summed E-state index contributed by atoms with van der Waals surface area (Å²) < 4.78 is 0. The van der Waals surface area contributed by atoms with Gasteiger partial charge < -0.3 is 10.0 Å². The van der Waals surface area contributed by atoms with Crippen LogP contribution in [0.15, 0.2) is 18.2 Å². The Labute approximate surface area is 127 Å². The van der Waals surface area contributed by atoms with E-state index in [0.29, 0.717) is 12.5 Å². The summed E-state index contributed by atoms with van der Waals surface area (Å²) in [5.74, 6) is 6.03. The predicted molar refractivity (Wildman–Crippen MR) is 84.1 cm³/mol. The lowest BCUT2D eigenvalue weighted by molar-refractivity contribution is 0.0742. The molecule has 1 N–H and O–H groups in total. The Bertz CT molecular complexity index is 564. The van der Waals surface area contributed by atoms with Gasteiger partial charge in [-0.15, -0.1) is 0 Å². The summed E-state index contributed by atoms with van der Waals surface area (Å²) in [6.07, 6.45) is 3.69. The number of hydrogen-bond acceptors (Lipinski definition) is 2. The predicted octanol–water partition coefficient (Wildman–Crippen LogP) is 2.74. The van der Waals surface area contributed by atoms with E-state index < -0.39 is 0 Å². The molecule has 0 aromatic heterocycles. The molecule has 1 aromatic carbocycles. The van der Waals surface area contributed by atoms with Crippen LogP contribution in [-0.4, -0.2) is 35.1 Å². The summed E-state index contributed by atoms with van der Waals surface area (Å²) in [5.41, 5.74) is 2.59. The zero-order chi connectivity index (χ0) is 15.2. The first-order valence-electron chi connectivity index (χ1n) is 7.68. The van der Waals surface area contributed by atoms with Crippen molar-refractivity contribution in [3.63, 3.8) is 0 Å². The summed E-state index contributed by atoms with van der Waals surface area (Å²) in [4.78, 5) is 14.8. The fraction of sp³-hybridized carbons (Fsp3) is 0.500. The zero-order valence-electron chi connectivity index (χ0n) is 12.9. The van der Waals surface area contributed by atoms with Crippen molar-refractivity contribution in [3.05, 3.63) is 34.9 Å². The highest BCUT2D eigenvalue weighted by Gasteiger charge is 2.32. The zero-order valence-corrected chi connectivity index (χ0v) is 12.9. The molecule has 0 saturated heterocycles. The highest BCUT2D eigenvalue weighted by Crippen LogP contribution is 2.29. The van der Waals surface area contributed by atoms with Crippen LogP contribution in [-0.2, 0) is 0 Å². The number of carbonyl (C=O) groups is 1. The highest BCUT2D eigenvalue weighted by molar-refractivity contribution is 5.96. The van der Waals surface area contributed by atoms with E-state index in [1.54, 1.807) is 0 Å². The number of amides is 1. The van der Waals surface area contributed by atoms with Crippen molar-refractivity contribution in [2.75, 3.05) is 13.2 Å². The monoisotopic (exact) mass is 285 g/mol. The summed E-state index contributed by atoms with van der Waals surface area (Å²) in [7, 11) is 0. The Hall–Kier alpha value is -1.79. The van der Waals surface area contributed by atoms with Crippen LogP contribution in [0.25, 0.3) is 0 Å². The summed E-state index contributed by atoms with van der Waals surface area (Å²) in [5, 5.41) is 8.77. The standard InChI is InChI=1S/C18H23NO2/c1-3-11-19(16-9-10-16)18(21)17-13-15(6-4-5-12-20)8-7-14(17)2/h7-8,13,16,20H,3,5,9-12H2,1-2H3. The van der Waals surface area contributed by atoms with Crippen molar-refractivity contribution in [3.8, 4) is 11.8 Å². The van der Waals surface area contributed by atoms with E-state index in [4.69, 9.17) is 5.11 Å². The molecule has 1 fully saturated rings. The van der Waals surface area contributed by atoms with Gasteiger partial charge in [-0.3, -0.25) is 4.79 Å². The number of benzene rings is 1. The molecule has 2 rings (SSSR count). The van der Waals surface area contributed by atoms with Crippen molar-refractivity contribution < 1.29 is 9.90 Å². The average Bonchev–Trinajstić information content (AvgIpc) is 3.30. The summed E-state index contributed by atoms with van der Waals surface area (Å²) in [6.45, 7) is 4.96. The van der Waals surface area contributed by atoms with Crippen molar-refractivity contribution in [2.24, 2.45) is 0 Å². The Morgan fingerprint density at radius 1 is 1.43 bits per heavy atom. The van der Waals surface area contributed by atoms with Crippen LogP contribution >= 0.6 is 0 Å². The second-order valence-electron chi connectivity index (χ2n) is 5.53. The molecule has 0 unspecified atom stereocenters. The fourth-order valence-electron chi connectivity index (χ4n) is 2.38. The molecule has 1 aliphatic carbocycles. The smallest absolute Gasteiger partial charge is 0.254 e. The Morgan fingerprint density at radius 3 is 2.81 bits per heavy atom. The van der Waals surface area contributed by atoms with Crippen molar-refractivity contribution in [1.29, 1.82) is 0 Å². The lowest BCUT2D eigenvalue weighted by atomic mass is 10.0. The molecule has 3 nitrogen and oxygen atoms in total. The number of aryl methyl sites for hydroxylation is 1. The molecule has 1 aromatic rings. The number of hydrogen-bond donors (Lipinski definition) is 1. The minimum Gasteiger partial charge on any atom is -0.395 e. The van der Waals surface area contributed by atoms with Gasteiger partial charge in [-0.05, 0) is 43.9 Å². The van der Waals surface area contributed by atoms with Crippen LogP contribution in [0.3, 0.4) is 0 Å². The van der Waals surface area contributed by atoms with Crippen LogP contribution in [0.1, 0.15) is 54.1 Å². The topological polar surface area (TPSA) is 40.5 Å². The maximum atomic E-state index is 12.8. The number of carbonyl (C=O) groups excluding carboxylic acids is 1. The second kappa shape index (κ2) is 7.28. The van der Waals surface area contributed by atoms with Gasteiger partial charge in [0.2, 0.25) is 0 Å². The fourth-order valence-corrected chi connectivity index (χ4v) is 2.38. The summed E-state index contributed by atoms with van der Waals surface area (Å²) >= 11 is 0. The molecule has 1 aliphatic rings. The molecule has 0 radical (unpaired) electrons. The Morgan fingerprint density at radius 2 is 2.19 bits per heavy atom. The Balaban J connectivity index is 2.23. The number of nitrogens with zero attached hydrogens (tertiary/aromatic N) is 1. The van der Waals surface area contributed by atoms with E-state index in [0.717, 1.165) is 42.5 Å². The SMILES string of the molecule is CCCN(C(=O)c1cc(C#CCCO)ccc1C)C1CC1. The van der Waals surface area contributed by atoms with Crippen LogP contribution in [0.5, 0.6) is 0 Å². The number of aliphatic hydroxyl groups excluding tert-OH is 1. The third kappa shape index (κ3) is 4.09. The number of rotatable bonds is 5. The van der Waals surface area contributed by atoms with Gasteiger partial charge >= 0.3 is 0 Å². The molecular formula is C18H23NO2. The second-order valence-corrected chi connectivity index (χ2v) is 5.53. The van der Waals surface area contributed by atoms with Crippen LogP contribution in [0.4, 0.5) is 0 Å². The minimum atomic E-state index is 0.0661. The number of aliphatic hydroxyl groups is 1. The van der Waals surface area contributed by atoms with Gasteiger partial charge in [-0.2, -0.15) is 0 Å². The van der Waals surface area contributed by atoms with Gasteiger partial charge in [0.15, 0.2) is 0 Å². The van der Waals surface area contributed by atoms with Gasteiger partial charge in [-0.25, -0.2) is 0 Å².